The zero-order valence-corrected chi connectivity index (χ0v) is 8.71. The van der Waals surface area contributed by atoms with Crippen molar-refractivity contribution in [1.29, 1.82) is 0 Å². The molecule has 1 aromatic rings. The largest absolute Gasteiger partial charge is 0.465 e. The van der Waals surface area contributed by atoms with Crippen LogP contribution in [0.2, 0.25) is 0 Å². The first-order chi connectivity index (χ1) is 6.09. The highest BCUT2D eigenvalue weighted by molar-refractivity contribution is 14.1. The molecule has 0 saturated heterocycles. The molecule has 0 aliphatic heterocycles. The third-order valence-electron chi connectivity index (χ3n) is 1.44. The van der Waals surface area contributed by atoms with E-state index in [9.17, 15) is 9.18 Å². The van der Waals surface area contributed by atoms with Crippen molar-refractivity contribution in [2.75, 3.05) is 0 Å². The number of carbonyl (C=O) groups is 1. The molecule has 0 spiro atoms. The van der Waals surface area contributed by atoms with Crippen LogP contribution in [0.3, 0.4) is 0 Å². The second-order valence-corrected chi connectivity index (χ2v) is 3.64. The highest BCUT2D eigenvalue weighted by Crippen LogP contribution is 2.11. The average molecular weight is 295 g/mol. The minimum absolute atomic E-state index is 0.00198. The molecule has 0 atom stereocenters. The van der Waals surface area contributed by atoms with E-state index in [1.165, 1.54) is 6.07 Å². The van der Waals surface area contributed by atoms with E-state index in [0.717, 1.165) is 3.57 Å². The van der Waals surface area contributed by atoms with Gasteiger partial charge >= 0.3 is 6.09 Å². The third kappa shape index (κ3) is 3.17. The van der Waals surface area contributed by atoms with Crippen molar-refractivity contribution in [3.05, 3.63) is 33.1 Å². The molecule has 0 saturated carbocycles. The summed E-state index contributed by atoms with van der Waals surface area (Å²) in [6.07, 6.45) is -1.15. The summed E-state index contributed by atoms with van der Waals surface area (Å²) in [5.74, 6) is -0.394. The van der Waals surface area contributed by atoms with Gasteiger partial charge in [0.25, 0.3) is 0 Å². The van der Waals surface area contributed by atoms with Gasteiger partial charge in [-0.1, -0.05) is 0 Å². The molecule has 1 amide bonds. The number of nitrogens with one attached hydrogen (secondary N) is 1. The Balaban J connectivity index is 2.75. The first-order valence-electron chi connectivity index (χ1n) is 3.50. The molecule has 0 aromatic heterocycles. The van der Waals surface area contributed by atoms with Gasteiger partial charge in [0.1, 0.15) is 5.82 Å². The van der Waals surface area contributed by atoms with E-state index in [1.807, 2.05) is 22.6 Å². The van der Waals surface area contributed by atoms with Crippen LogP contribution in [0.1, 0.15) is 5.56 Å². The van der Waals surface area contributed by atoms with E-state index in [1.54, 1.807) is 12.1 Å². The second kappa shape index (κ2) is 4.40. The van der Waals surface area contributed by atoms with E-state index in [-0.39, 0.29) is 6.54 Å². The van der Waals surface area contributed by atoms with Crippen LogP contribution < -0.4 is 5.32 Å². The summed E-state index contributed by atoms with van der Waals surface area (Å²) in [5.41, 5.74) is 0.356. The van der Waals surface area contributed by atoms with Crippen LogP contribution in [0.25, 0.3) is 0 Å². The molecule has 0 unspecified atom stereocenters. The molecule has 0 bridgehead atoms. The standard InChI is InChI=1S/C8H7FINO2/c9-7-2-1-6(10)3-5(7)4-11-8(12)13/h1-3,11H,4H2,(H,12,13). The summed E-state index contributed by atoms with van der Waals surface area (Å²) in [6.45, 7) is -0.00198. The van der Waals surface area contributed by atoms with E-state index in [2.05, 4.69) is 5.32 Å². The van der Waals surface area contributed by atoms with Crippen molar-refractivity contribution < 1.29 is 14.3 Å². The smallest absolute Gasteiger partial charge is 0.404 e. The Hall–Kier alpha value is -0.850. The van der Waals surface area contributed by atoms with Crippen molar-refractivity contribution in [3.8, 4) is 0 Å². The van der Waals surface area contributed by atoms with E-state index >= 15 is 0 Å². The number of hydrogen-bond donors (Lipinski definition) is 2. The van der Waals surface area contributed by atoms with Crippen molar-refractivity contribution in [2.45, 2.75) is 6.54 Å². The SMILES string of the molecule is O=C(O)NCc1cc(I)ccc1F. The molecule has 1 aromatic carbocycles. The molecule has 13 heavy (non-hydrogen) atoms. The van der Waals surface area contributed by atoms with Gasteiger partial charge in [-0.05, 0) is 40.8 Å². The molecule has 0 aliphatic rings. The number of rotatable bonds is 2. The molecule has 0 radical (unpaired) electrons. The van der Waals surface area contributed by atoms with E-state index in [4.69, 9.17) is 5.11 Å². The van der Waals surface area contributed by atoms with Gasteiger partial charge in [0, 0.05) is 15.7 Å². The molecular weight excluding hydrogens is 288 g/mol. The van der Waals surface area contributed by atoms with Gasteiger partial charge in [0.2, 0.25) is 0 Å². The van der Waals surface area contributed by atoms with Gasteiger partial charge in [-0.2, -0.15) is 0 Å². The monoisotopic (exact) mass is 295 g/mol. The Labute approximate surface area is 88.1 Å². The lowest BCUT2D eigenvalue weighted by Gasteiger charge is -2.03. The van der Waals surface area contributed by atoms with Gasteiger partial charge in [0.05, 0.1) is 0 Å². The van der Waals surface area contributed by atoms with E-state index < -0.39 is 11.9 Å². The van der Waals surface area contributed by atoms with Crippen LogP contribution in [-0.4, -0.2) is 11.2 Å². The third-order valence-corrected chi connectivity index (χ3v) is 2.11. The zero-order valence-electron chi connectivity index (χ0n) is 6.55. The summed E-state index contributed by atoms with van der Waals surface area (Å²) < 4.78 is 13.9. The molecule has 2 N–H and O–H groups in total. The number of benzene rings is 1. The maximum absolute atomic E-state index is 13.0. The zero-order chi connectivity index (χ0) is 9.84. The fourth-order valence-corrected chi connectivity index (χ4v) is 1.41. The maximum atomic E-state index is 13.0. The van der Waals surface area contributed by atoms with Gasteiger partial charge in [-0.15, -0.1) is 0 Å². The number of carboxylic acid groups (broad SMARTS) is 1. The summed E-state index contributed by atoms with van der Waals surface area (Å²) in [7, 11) is 0. The molecule has 0 aliphatic carbocycles. The van der Waals surface area contributed by atoms with Crippen molar-refractivity contribution >= 4 is 28.7 Å². The molecule has 0 heterocycles. The fourth-order valence-electron chi connectivity index (χ4n) is 0.850. The van der Waals surface area contributed by atoms with E-state index in [0.29, 0.717) is 5.56 Å². The fraction of sp³-hybridized carbons (Fsp3) is 0.125. The molecule has 3 nitrogen and oxygen atoms in total. The quantitative estimate of drug-likeness (QED) is 0.822. The van der Waals surface area contributed by atoms with Gasteiger partial charge in [0.15, 0.2) is 0 Å². The van der Waals surface area contributed by atoms with Gasteiger partial charge < -0.3 is 10.4 Å². The predicted molar refractivity (Wildman–Crippen MR) is 54.0 cm³/mol. The van der Waals surface area contributed by atoms with Gasteiger partial charge in [-0.25, -0.2) is 9.18 Å². The first-order valence-corrected chi connectivity index (χ1v) is 4.58. The maximum Gasteiger partial charge on any atom is 0.404 e. The summed E-state index contributed by atoms with van der Waals surface area (Å²) >= 11 is 2.04. The number of halogens is 2. The summed E-state index contributed by atoms with van der Waals surface area (Å²) in [4.78, 5) is 10.1. The van der Waals surface area contributed by atoms with Crippen molar-refractivity contribution in [3.63, 3.8) is 0 Å². The Bertz CT molecular complexity index is 330. The van der Waals surface area contributed by atoms with Crippen LogP contribution in [0.4, 0.5) is 9.18 Å². The molecule has 0 fully saturated rings. The molecule has 5 heteroatoms. The Kier molecular flexibility index (Phi) is 3.47. The predicted octanol–water partition coefficient (Wildman–Crippen LogP) is 2.20. The molecule has 1 rings (SSSR count). The van der Waals surface area contributed by atoms with Gasteiger partial charge in [-0.3, -0.25) is 0 Å². The lowest BCUT2D eigenvalue weighted by atomic mass is 10.2. The highest BCUT2D eigenvalue weighted by Gasteiger charge is 2.03. The number of hydrogen-bond acceptors (Lipinski definition) is 1. The van der Waals surface area contributed by atoms with Crippen molar-refractivity contribution in [2.24, 2.45) is 0 Å². The topological polar surface area (TPSA) is 49.3 Å². The highest BCUT2D eigenvalue weighted by atomic mass is 127. The lowest BCUT2D eigenvalue weighted by Crippen LogP contribution is -2.20. The second-order valence-electron chi connectivity index (χ2n) is 2.39. The first kappa shape index (κ1) is 10.2. The summed E-state index contributed by atoms with van der Waals surface area (Å²) in [6, 6.07) is 4.55. The van der Waals surface area contributed by atoms with Crippen LogP contribution in [-0.2, 0) is 6.54 Å². The summed E-state index contributed by atoms with van der Waals surface area (Å²) in [5, 5.41) is 10.4. The minimum Gasteiger partial charge on any atom is -0.465 e. The molecule has 70 valence electrons. The number of amides is 1. The van der Waals surface area contributed by atoms with Crippen molar-refractivity contribution in [1.82, 2.24) is 5.32 Å². The average Bonchev–Trinajstić information content (AvgIpc) is 2.06. The Morgan fingerprint density at radius 3 is 2.92 bits per heavy atom. The van der Waals surface area contributed by atoms with Crippen LogP contribution in [0.15, 0.2) is 18.2 Å². The molecular formula is C8H7FINO2. The Morgan fingerprint density at radius 1 is 1.62 bits per heavy atom. The van der Waals surface area contributed by atoms with Crippen LogP contribution in [0, 0.1) is 9.39 Å². The lowest BCUT2D eigenvalue weighted by molar-refractivity contribution is 0.194. The van der Waals surface area contributed by atoms with Crippen LogP contribution >= 0.6 is 22.6 Å². The van der Waals surface area contributed by atoms with Crippen LogP contribution in [0.5, 0.6) is 0 Å². The Morgan fingerprint density at radius 2 is 2.31 bits per heavy atom. The normalized spacial score (nSPS) is 9.69. The minimum atomic E-state index is -1.15.